The molecule has 0 saturated carbocycles. The molecule has 1 aromatic heterocycles. The Balaban J connectivity index is 1.92. The summed E-state index contributed by atoms with van der Waals surface area (Å²) >= 11 is 0. The van der Waals surface area contributed by atoms with Gasteiger partial charge in [0.2, 0.25) is 5.91 Å². The minimum Gasteiger partial charge on any atom is -0.353 e. The van der Waals surface area contributed by atoms with Crippen molar-refractivity contribution in [1.29, 1.82) is 0 Å². The maximum Gasteiger partial charge on any atom is 0.242 e. The van der Waals surface area contributed by atoms with Gasteiger partial charge in [-0.05, 0) is 30.7 Å². The fraction of sp³-hybridized carbons (Fsp3) is 0.312. The maximum atomic E-state index is 13.8. The number of rotatable bonds is 3. The van der Waals surface area contributed by atoms with Crippen LogP contribution in [0.2, 0.25) is 0 Å². The molecule has 5 nitrogen and oxygen atoms in total. The largest absolute Gasteiger partial charge is 0.353 e. The molecule has 0 aliphatic carbocycles. The number of halogens is 2. The van der Waals surface area contributed by atoms with Crippen molar-refractivity contribution in [3.05, 3.63) is 42.0 Å². The number of nitrogens with zero attached hydrogens (tertiary/aromatic N) is 3. The number of carbonyl (C=O) groups is 1. The van der Waals surface area contributed by atoms with Crippen molar-refractivity contribution in [3.8, 4) is 11.3 Å². The van der Waals surface area contributed by atoms with Crippen molar-refractivity contribution in [3.63, 3.8) is 0 Å². The molecule has 1 amide bonds. The summed E-state index contributed by atoms with van der Waals surface area (Å²) in [6.07, 6.45) is 0.636. The molecule has 1 fully saturated rings. The number of benzene rings is 1. The van der Waals surface area contributed by atoms with Gasteiger partial charge in [-0.1, -0.05) is 13.0 Å². The van der Waals surface area contributed by atoms with Crippen LogP contribution in [0.15, 0.2) is 30.3 Å². The fourth-order valence-electron chi connectivity index (χ4n) is 2.75. The van der Waals surface area contributed by atoms with Gasteiger partial charge in [0, 0.05) is 13.1 Å². The van der Waals surface area contributed by atoms with E-state index in [1.54, 1.807) is 6.07 Å². The molecular formula is C16H16F2N4O. The zero-order valence-electron chi connectivity index (χ0n) is 12.6. The summed E-state index contributed by atoms with van der Waals surface area (Å²) in [4.78, 5) is 13.7. The lowest BCUT2D eigenvalue weighted by Crippen LogP contribution is -2.55. The molecule has 0 bridgehead atoms. The summed E-state index contributed by atoms with van der Waals surface area (Å²) in [7, 11) is 0. The highest BCUT2D eigenvalue weighted by Gasteiger charge is 2.29. The quantitative estimate of drug-likeness (QED) is 0.942. The number of hydrogen-bond acceptors (Lipinski definition) is 4. The van der Waals surface area contributed by atoms with Gasteiger partial charge in [0.05, 0.1) is 11.3 Å². The van der Waals surface area contributed by atoms with Crippen LogP contribution in [0.4, 0.5) is 14.6 Å². The summed E-state index contributed by atoms with van der Waals surface area (Å²) in [5.41, 5.74) is -0.0751. The van der Waals surface area contributed by atoms with Crippen LogP contribution in [0, 0.1) is 11.6 Å². The van der Waals surface area contributed by atoms with Crippen molar-refractivity contribution >= 4 is 11.7 Å². The van der Waals surface area contributed by atoms with Gasteiger partial charge in [0.25, 0.3) is 0 Å². The zero-order chi connectivity index (χ0) is 16.4. The minimum atomic E-state index is -0.684. The van der Waals surface area contributed by atoms with Gasteiger partial charge in [-0.25, -0.2) is 8.78 Å². The monoisotopic (exact) mass is 318 g/mol. The summed E-state index contributed by atoms with van der Waals surface area (Å²) in [6.45, 7) is 3.06. The van der Waals surface area contributed by atoms with E-state index in [0.29, 0.717) is 25.3 Å². The van der Waals surface area contributed by atoms with Gasteiger partial charge >= 0.3 is 0 Å². The Kier molecular flexibility index (Phi) is 4.18. The normalized spacial score (nSPS) is 18.0. The summed E-state index contributed by atoms with van der Waals surface area (Å²) in [5, 5.41) is 10.8. The molecule has 7 heteroatoms. The molecule has 1 aliphatic rings. The number of aromatic nitrogens is 2. The third-order valence-corrected chi connectivity index (χ3v) is 3.88. The third kappa shape index (κ3) is 2.86. The van der Waals surface area contributed by atoms with E-state index >= 15 is 0 Å². The second-order valence-electron chi connectivity index (χ2n) is 5.28. The fourth-order valence-corrected chi connectivity index (χ4v) is 2.75. The first kappa shape index (κ1) is 15.3. The van der Waals surface area contributed by atoms with E-state index < -0.39 is 11.6 Å². The highest BCUT2D eigenvalue weighted by Crippen LogP contribution is 2.25. The first-order valence-electron chi connectivity index (χ1n) is 7.44. The van der Waals surface area contributed by atoms with Crippen molar-refractivity contribution in [2.75, 3.05) is 18.0 Å². The van der Waals surface area contributed by atoms with Gasteiger partial charge < -0.3 is 10.2 Å². The number of piperazine rings is 1. The average Bonchev–Trinajstić information content (AvgIpc) is 2.55. The molecule has 1 aliphatic heterocycles. The van der Waals surface area contributed by atoms with Gasteiger partial charge in [0.1, 0.15) is 17.7 Å². The number of amides is 1. The van der Waals surface area contributed by atoms with Crippen LogP contribution < -0.4 is 10.2 Å². The van der Waals surface area contributed by atoms with Crippen molar-refractivity contribution in [1.82, 2.24) is 15.5 Å². The third-order valence-electron chi connectivity index (χ3n) is 3.88. The first-order chi connectivity index (χ1) is 11.1. The van der Waals surface area contributed by atoms with Crippen LogP contribution in [-0.2, 0) is 4.79 Å². The first-order valence-corrected chi connectivity index (χ1v) is 7.44. The SMILES string of the molecule is CCC1C(=O)NCCN1c1ccc(-c2c(F)cccc2F)nn1. The number of hydrogen-bond donors (Lipinski definition) is 1. The number of anilines is 1. The molecular weight excluding hydrogens is 302 g/mol. The molecule has 2 aromatic rings. The molecule has 120 valence electrons. The summed E-state index contributed by atoms with van der Waals surface area (Å²) < 4.78 is 27.6. The smallest absolute Gasteiger partial charge is 0.242 e. The van der Waals surface area contributed by atoms with Crippen LogP contribution in [0.1, 0.15) is 13.3 Å². The average molecular weight is 318 g/mol. The molecule has 3 rings (SSSR count). The highest BCUT2D eigenvalue weighted by molar-refractivity contribution is 5.86. The van der Waals surface area contributed by atoms with E-state index in [-0.39, 0.29) is 23.2 Å². The van der Waals surface area contributed by atoms with Gasteiger partial charge in [-0.3, -0.25) is 4.79 Å². The summed E-state index contributed by atoms with van der Waals surface area (Å²) in [6, 6.07) is 6.49. The molecule has 2 heterocycles. The van der Waals surface area contributed by atoms with Crippen LogP contribution in [-0.4, -0.2) is 35.2 Å². The molecule has 1 saturated heterocycles. The van der Waals surface area contributed by atoms with Crippen molar-refractivity contribution in [2.45, 2.75) is 19.4 Å². The zero-order valence-corrected chi connectivity index (χ0v) is 12.6. The van der Waals surface area contributed by atoms with Gasteiger partial charge in [-0.2, -0.15) is 0 Å². The van der Waals surface area contributed by atoms with Crippen molar-refractivity contribution in [2.24, 2.45) is 0 Å². The Hall–Kier alpha value is -2.57. The Morgan fingerprint density at radius 3 is 2.57 bits per heavy atom. The second-order valence-corrected chi connectivity index (χ2v) is 5.28. The number of carbonyl (C=O) groups excluding carboxylic acids is 1. The lowest BCUT2D eigenvalue weighted by atomic mass is 10.1. The van der Waals surface area contributed by atoms with E-state index in [4.69, 9.17) is 0 Å². The Bertz CT molecular complexity index is 700. The molecule has 0 radical (unpaired) electrons. The van der Waals surface area contributed by atoms with Crippen molar-refractivity contribution < 1.29 is 13.6 Å². The molecule has 0 spiro atoms. The second kappa shape index (κ2) is 6.28. The number of nitrogens with one attached hydrogen (secondary N) is 1. The predicted octanol–water partition coefficient (Wildman–Crippen LogP) is 2.14. The van der Waals surface area contributed by atoms with E-state index in [9.17, 15) is 13.6 Å². The Morgan fingerprint density at radius 2 is 1.96 bits per heavy atom. The predicted molar refractivity (Wildman–Crippen MR) is 81.8 cm³/mol. The van der Waals surface area contributed by atoms with E-state index in [2.05, 4.69) is 15.5 Å². The van der Waals surface area contributed by atoms with E-state index in [1.165, 1.54) is 24.3 Å². The maximum absolute atomic E-state index is 13.8. The highest BCUT2D eigenvalue weighted by atomic mass is 19.1. The Morgan fingerprint density at radius 1 is 1.22 bits per heavy atom. The standard InChI is InChI=1S/C16H16F2N4O/c1-2-13-16(23)19-8-9-22(13)14-7-6-12(20-21-14)15-10(17)4-3-5-11(15)18/h3-7,13H,2,8-9H2,1H3,(H,19,23). The molecule has 1 unspecified atom stereocenters. The topological polar surface area (TPSA) is 58.1 Å². The summed E-state index contributed by atoms with van der Waals surface area (Å²) in [5.74, 6) is -0.899. The molecule has 23 heavy (non-hydrogen) atoms. The van der Waals surface area contributed by atoms with Gasteiger partial charge in [0.15, 0.2) is 5.82 Å². The van der Waals surface area contributed by atoms with Gasteiger partial charge in [-0.15, -0.1) is 10.2 Å². The Labute approximate surface area is 132 Å². The molecule has 1 N–H and O–H groups in total. The van der Waals surface area contributed by atoms with Crippen LogP contribution in [0.3, 0.4) is 0 Å². The minimum absolute atomic E-state index is 0.0511. The van der Waals surface area contributed by atoms with E-state index in [1.807, 2.05) is 11.8 Å². The van der Waals surface area contributed by atoms with Crippen LogP contribution in [0.25, 0.3) is 11.3 Å². The van der Waals surface area contributed by atoms with Crippen LogP contribution >= 0.6 is 0 Å². The van der Waals surface area contributed by atoms with E-state index in [0.717, 1.165) is 0 Å². The van der Waals surface area contributed by atoms with Crippen LogP contribution in [0.5, 0.6) is 0 Å². The molecule has 1 atom stereocenters. The molecule has 1 aromatic carbocycles. The lowest BCUT2D eigenvalue weighted by molar-refractivity contribution is -0.123. The lowest BCUT2D eigenvalue weighted by Gasteiger charge is -2.35.